The van der Waals surface area contributed by atoms with Gasteiger partial charge in [-0.25, -0.2) is 0 Å². The number of aryl methyl sites for hydroxylation is 1. The van der Waals surface area contributed by atoms with Crippen LogP contribution in [0, 0.1) is 0 Å². The van der Waals surface area contributed by atoms with Crippen molar-refractivity contribution in [3.05, 3.63) is 51.5 Å². The Morgan fingerprint density at radius 2 is 2.08 bits per heavy atom. The third-order valence-corrected chi connectivity index (χ3v) is 5.87. The van der Waals surface area contributed by atoms with Crippen LogP contribution in [0.3, 0.4) is 0 Å². The van der Waals surface area contributed by atoms with Crippen LogP contribution in [0.15, 0.2) is 30.3 Å². The maximum atomic E-state index is 6.48. The molecule has 2 aliphatic heterocycles. The van der Waals surface area contributed by atoms with Crippen molar-refractivity contribution in [1.29, 1.82) is 0 Å². The number of nitrogens with one attached hydrogen (secondary N) is 1. The van der Waals surface area contributed by atoms with Crippen LogP contribution in [0.4, 0.5) is 0 Å². The van der Waals surface area contributed by atoms with E-state index in [1.807, 2.05) is 18.2 Å². The number of ether oxygens (including phenoxy) is 1. The third kappa shape index (κ3) is 3.28. The Bertz CT molecular complexity index is 790. The van der Waals surface area contributed by atoms with E-state index in [0.717, 1.165) is 37.2 Å². The fourth-order valence-electron chi connectivity index (χ4n) is 4.00. The molecule has 0 amide bonds. The predicted octanol–water partition coefficient (Wildman–Crippen LogP) is 5.84. The standard InChI is InChI=1S/C21H23Cl2NO/c1-2-3-4-13-9-14(16-6-5-15(22)11-19(16)23)10-17-18-12-24-8-7-20(18)25-21(13)17/h5-6,9-11,18,20,24H,2-4,7-8,12H2,1H3/t18-,20-/m0/s1. The zero-order valence-corrected chi connectivity index (χ0v) is 16.0. The molecule has 0 radical (unpaired) electrons. The molecule has 2 aromatic rings. The van der Waals surface area contributed by atoms with E-state index in [1.165, 1.54) is 29.5 Å². The molecule has 2 nitrogen and oxygen atoms in total. The summed E-state index contributed by atoms with van der Waals surface area (Å²) in [4.78, 5) is 0. The molecule has 132 valence electrons. The van der Waals surface area contributed by atoms with Crippen LogP contribution in [-0.4, -0.2) is 19.2 Å². The Morgan fingerprint density at radius 1 is 1.20 bits per heavy atom. The number of piperidine rings is 1. The Hall–Kier alpha value is -1.22. The van der Waals surface area contributed by atoms with Crippen molar-refractivity contribution in [2.75, 3.05) is 13.1 Å². The molecule has 25 heavy (non-hydrogen) atoms. The maximum Gasteiger partial charge on any atom is 0.126 e. The van der Waals surface area contributed by atoms with Gasteiger partial charge in [0.1, 0.15) is 11.9 Å². The van der Waals surface area contributed by atoms with Crippen molar-refractivity contribution in [2.45, 2.75) is 44.6 Å². The lowest BCUT2D eigenvalue weighted by Gasteiger charge is -2.25. The molecule has 2 aliphatic rings. The molecule has 4 heteroatoms. The SMILES string of the molecule is CCCCc1cc(-c2ccc(Cl)cc2Cl)cc2c1O[C@H]1CCNC[C@@H]21. The van der Waals surface area contributed by atoms with Gasteiger partial charge in [0.15, 0.2) is 0 Å². The van der Waals surface area contributed by atoms with Crippen LogP contribution in [0.5, 0.6) is 5.75 Å². The molecule has 0 aromatic heterocycles. The van der Waals surface area contributed by atoms with Gasteiger partial charge in [-0.3, -0.25) is 0 Å². The van der Waals surface area contributed by atoms with Crippen LogP contribution in [-0.2, 0) is 6.42 Å². The van der Waals surface area contributed by atoms with E-state index in [2.05, 4.69) is 24.4 Å². The second-order valence-corrected chi connectivity index (χ2v) is 7.88. The highest BCUT2D eigenvalue weighted by Crippen LogP contribution is 2.46. The molecule has 0 saturated carbocycles. The summed E-state index contributed by atoms with van der Waals surface area (Å²) >= 11 is 12.6. The maximum absolute atomic E-state index is 6.48. The van der Waals surface area contributed by atoms with E-state index in [0.29, 0.717) is 22.1 Å². The highest BCUT2D eigenvalue weighted by atomic mass is 35.5. The first kappa shape index (κ1) is 17.2. The first-order valence-corrected chi connectivity index (χ1v) is 9.92. The molecule has 2 aromatic carbocycles. The zero-order chi connectivity index (χ0) is 17.4. The second kappa shape index (κ2) is 7.19. The average molecular weight is 376 g/mol. The summed E-state index contributed by atoms with van der Waals surface area (Å²) in [7, 11) is 0. The van der Waals surface area contributed by atoms with Crippen molar-refractivity contribution < 1.29 is 4.74 Å². The number of rotatable bonds is 4. The smallest absolute Gasteiger partial charge is 0.126 e. The van der Waals surface area contributed by atoms with Gasteiger partial charge in [0.25, 0.3) is 0 Å². The summed E-state index contributed by atoms with van der Waals surface area (Å²) < 4.78 is 6.39. The molecule has 2 atom stereocenters. The first-order chi connectivity index (χ1) is 12.2. The van der Waals surface area contributed by atoms with Gasteiger partial charge in [0.05, 0.1) is 0 Å². The molecule has 0 bridgehead atoms. The van der Waals surface area contributed by atoms with Gasteiger partial charge in [-0.15, -0.1) is 0 Å². The van der Waals surface area contributed by atoms with Crippen molar-refractivity contribution in [1.82, 2.24) is 5.32 Å². The number of halogens is 2. The van der Waals surface area contributed by atoms with Gasteiger partial charge in [0, 0.05) is 33.6 Å². The van der Waals surface area contributed by atoms with Crippen LogP contribution in [0.2, 0.25) is 10.0 Å². The van der Waals surface area contributed by atoms with E-state index in [4.69, 9.17) is 27.9 Å². The number of benzene rings is 2. The molecule has 0 aliphatic carbocycles. The van der Waals surface area contributed by atoms with Crippen molar-refractivity contribution in [2.24, 2.45) is 0 Å². The Balaban J connectivity index is 1.81. The Morgan fingerprint density at radius 3 is 2.88 bits per heavy atom. The van der Waals surface area contributed by atoms with Crippen LogP contribution < -0.4 is 10.1 Å². The number of hydrogen-bond acceptors (Lipinski definition) is 2. The lowest BCUT2D eigenvalue weighted by molar-refractivity contribution is 0.171. The van der Waals surface area contributed by atoms with E-state index in [-0.39, 0.29) is 0 Å². The summed E-state index contributed by atoms with van der Waals surface area (Å²) in [5.41, 5.74) is 4.86. The molecule has 0 spiro atoms. The summed E-state index contributed by atoms with van der Waals surface area (Å²) in [6.45, 7) is 4.25. The van der Waals surface area contributed by atoms with Gasteiger partial charge in [-0.2, -0.15) is 0 Å². The monoisotopic (exact) mass is 375 g/mol. The van der Waals surface area contributed by atoms with E-state index >= 15 is 0 Å². The predicted molar refractivity (Wildman–Crippen MR) is 105 cm³/mol. The molecule has 1 fully saturated rings. The molecule has 4 rings (SSSR count). The minimum absolute atomic E-state index is 0.313. The molecule has 1 saturated heterocycles. The largest absolute Gasteiger partial charge is 0.489 e. The number of hydrogen-bond donors (Lipinski definition) is 1. The zero-order valence-electron chi connectivity index (χ0n) is 14.4. The highest BCUT2D eigenvalue weighted by molar-refractivity contribution is 6.36. The minimum atomic E-state index is 0.313. The molecule has 1 N–H and O–H groups in total. The lowest BCUT2D eigenvalue weighted by atomic mass is 9.87. The van der Waals surface area contributed by atoms with Gasteiger partial charge in [-0.05, 0) is 61.2 Å². The summed E-state index contributed by atoms with van der Waals surface area (Å²) in [5.74, 6) is 1.57. The van der Waals surface area contributed by atoms with Crippen LogP contribution >= 0.6 is 23.2 Å². The quantitative estimate of drug-likeness (QED) is 0.724. The summed E-state index contributed by atoms with van der Waals surface area (Å²) in [5, 5.41) is 4.88. The molecule has 0 unspecified atom stereocenters. The van der Waals surface area contributed by atoms with Gasteiger partial charge >= 0.3 is 0 Å². The van der Waals surface area contributed by atoms with Gasteiger partial charge in [-0.1, -0.05) is 42.6 Å². The van der Waals surface area contributed by atoms with Crippen molar-refractivity contribution in [3.8, 4) is 16.9 Å². The minimum Gasteiger partial charge on any atom is -0.489 e. The van der Waals surface area contributed by atoms with Crippen molar-refractivity contribution in [3.63, 3.8) is 0 Å². The van der Waals surface area contributed by atoms with Gasteiger partial charge in [0.2, 0.25) is 0 Å². The van der Waals surface area contributed by atoms with Gasteiger partial charge < -0.3 is 10.1 Å². The number of fused-ring (bicyclic) bond motifs is 3. The number of unbranched alkanes of at least 4 members (excludes halogenated alkanes) is 1. The van der Waals surface area contributed by atoms with Crippen LogP contribution in [0.25, 0.3) is 11.1 Å². The Labute approximate surface area is 159 Å². The average Bonchev–Trinajstić information content (AvgIpc) is 2.98. The molecular formula is C21H23Cl2NO. The topological polar surface area (TPSA) is 21.3 Å². The molecular weight excluding hydrogens is 353 g/mol. The van der Waals surface area contributed by atoms with Crippen molar-refractivity contribution >= 4 is 23.2 Å². The summed E-state index contributed by atoms with van der Waals surface area (Å²) in [6, 6.07) is 10.3. The van der Waals surface area contributed by atoms with Crippen LogP contribution in [0.1, 0.15) is 43.2 Å². The third-order valence-electron chi connectivity index (χ3n) is 5.32. The highest BCUT2D eigenvalue weighted by Gasteiger charge is 2.37. The van der Waals surface area contributed by atoms with E-state index < -0.39 is 0 Å². The fraction of sp³-hybridized carbons (Fsp3) is 0.429. The first-order valence-electron chi connectivity index (χ1n) is 9.17. The van der Waals surface area contributed by atoms with E-state index in [9.17, 15) is 0 Å². The second-order valence-electron chi connectivity index (χ2n) is 7.04. The lowest BCUT2D eigenvalue weighted by Crippen LogP contribution is -2.37. The normalized spacial score (nSPS) is 21.6. The summed E-state index contributed by atoms with van der Waals surface area (Å²) in [6.07, 6.45) is 4.78. The molecule has 2 heterocycles. The fourth-order valence-corrected chi connectivity index (χ4v) is 4.52. The van der Waals surface area contributed by atoms with E-state index in [1.54, 1.807) is 0 Å². The Kier molecular flexibility index (Phi) is 4.95.